The van der Waals surface area contributed by atoms with E-state index in [4.69, 9.17) is 0 Å². The Labute approximate surface area is 120 Å². The van der Waals surface area contributed by atoms with Gasteiger partial charge in [0.2, 0.25) is 0 Å². The smallest absolute Gasteiger partial charge is 0.275 e. The van der Waals surface area contributed by atoms with Crippen LogP contribution in [0.25, 0.3) is 0 Å². The number of carbonyl (C=O) groups excluding carboxylic acids is 1. The average molecular weight is 287 g/mol. The van der Waals surface area contributed by atoms with Gasteiger partial charge in [-0.05, 0) is 19.1 Å². The molecular formula is C13H13N5O3. The molecule has 108 valence electrons. The Morgan fingerprint density at radius 2 is 2.00 bits per heavy atom. The van der Waals surface area contributed by atoms with Crippen molar-refractivity contribution < 1.29 is 9.72 Å². The van der Waals surface area contributed by atoms with E-state index in [1.165, 1.54) is 36.7 Å². The first-order valence-corrected chi connectivity index (χ1v) is 6.22. The molecule has 0 fully saturated rings. The van der Waals surface area contributed by atoms with Crippen LogP contribution in [0.15, 0.2) is 36.7 Å². The van der Waals surface area contributed by atoms with Gasteiger partial charge in [-0.2, -0.15) is 0 Å². The molecule has 0 spiro atoms. The van der Waals surface area contributed by atoms with Crippen LogP contribution in [0.5, 0.6) is 0 Å². The summed E-state index contributed by atoms with van der Waals surface area (Å²) < 4.78 is 0. The summed E-state index contributed by atoms with van der Waals surface area (Å²) in [5, 5.41) is 16.1. The second kappa shape index (κ2) is 6.42. The van der Waals surface area contributed by atoms with Gasteiger partial charge in [0, 0.05) is 24.4 Å². The number of rotatable bonds is 5. The fourth-order valence-electron chi connectivity index (χ4n) is 1.60. The van der Waals surface area contributed by atoms with Gasteiger partial charge in [0.1, 0.15) is 11.5 Å². The molecule has 2 aromatic rings. The highest BCUT2D eigenvalue weighted by atomic mass is 16.6. The minimum absolute atomic E-state index is 0.0399. The summed E-state index contributed by atoms with van der Waals surface area (Å²) in [7, 11) is 0. The first kappa shape index (κ1) is 14.4. The largest absolute Gasteiger partial charge is 0.369 e. The van der Waals surface area contributed by atoms with Crippen molar-refractivity contribution in [2.24, 2.45) is 0 Å². The predicted octanol–water partition coefficient (Wildman–Crippen LogP) is 2.07. The minimum Gasteiger partial charge on any atom is -0.369 e. The molecular weight excluding hydrogens is 274 g/mol. The van der Waals surface area contributed by atoms with E-state index in [0.717, 1.165) is 0 Å². The third-order valence-electron chi connectivity index (χ3n) is 2.56. The molecule has 8 nitrogen and oxygen atoms in total. The van der Waals surface area contributed by atoms with E-state index in [9.17, 15) is 14.9 Å². The molecule has 1 amide bonds. The summed E-state index contributed by atoms with van der Waals surface area (Å²) in [6.45, 7) is 2.58. The quantitative estimate of drug-likeness (QED) is 0.643. The predicted molar refractivity (Wildman–Crippen MR) is 77.2 cm³/mol. The van der Waals surface area contributed by atoms with Gasteiger partial charge in [0.25, 0.3) is 11.6 Å². The Hall–Kier alpha value is -3.03. The molecule has 21 heavy (non-hydrogen) atoms. The van der Waals surface area contributed by atoms with Gasteiger partial charge < -0.3 is 10.6 Å². The number of benzene rings is 1. The first-order chi connectivity index (χ1) is 10.1. The maximum absolute atomic E-state index is 12.0. The Bertz CT molecular complexity index is 657. The van der Waals surface area contributed by atoms with Crippen molar-refractivity contribution in [1.82, 2.24) is 9.97 Å². The lowest BCUT2D eigenvalue weighted by molar-refractivity contribution is -0.384. The zero-order chi connectivity index (χ0) is 15.2. The molecule has 0 saturated heterocycles. The van der Waals surface area contributed by atoms with Gasteiger partial charge >= 0.3 is 0 Å². The fourth-order valence-corrected chi connectivity index (χ4v) is 1.60. The van der Waals surface area contributed by atoms with Crippen molar-refractivity contribution >= 4 is 23.1 Å². The van der Waals surface area contributed by atoms with Gasteiger partial charge in [0.05, 0.1) is 17.3 Å². The zero-order valence-corrected chi connectivity index (χ0v) is 11.2. The Morgan fingerprint density at radius 3 is 2.62 bits per heavy atom. The summed E-state index contributed by atoms with van der Waals surface area (Å²) in [5.74, 6) is 0.0740. The molecule has 0 saturated carbocycles. The number of amides is 1. The summed E-state index contributed by atoms with van der Waals surface area (Å²) in [4.78, 5) is 30.1. The van der Waals surface area contributed by atoms with Crippen LogP contribution in [0.4, 0.5) is 17.2 Å². The van der Waals surface area contributed by atoms with Crippen LogP contribution in [-0.2, 0) is 0 Å². The standard InChI is InChI=1S/C13H13N5O3/c1-2-15-12-8-14-7-11(17-12)13(19)16-9-3-5-10(6-4-9)18(20)21/h3-8H,2H2,1H3,(H,15,17)(H,16,19). The average Bonchev–Trinajstić information content (AvgIpc) is 2.48. The number of nitrogens with one attached hydrogen (secondary N) is 2. The van der Waals surface area contributed by atoms with E-state index >= 15 is 0 Å². The van der Waals surface area contributed by atoms with Crippen molar-refractivity contribution in [2.45, 2.75) is 6.92 Å². The van der Waals surface area contributed by atoms with Crippen molar-refractivity contribution in [3.63, 3.8) is 0 Å². The van der Waals surface area contributed by atoms with E-state index in [0.29, 0.717) is 18.1 Å². The second-order valence-electron chi connectivity index (χ2n) is 4.08. The fraction of sp³-hybridized carbons (Fsp3) is 0.154. The molecule has 0 aliphatic carbocycles. The minimum atomic E-state index is -0.503. The monoisotopic (exact) mass is 287 g/mol. The zero-order valence-electron chi connectivity index (χ0n) is 11.2. The van der Waals surface area contributed by atoms with Gasteiger partial charge in [-0.15, -0.1) is 0 Å². The first-order valence-electron chi connectivity index (χ1n) is 6.22. The van der Waals surface area contributed by atoms with Crippen molar-refractivity contribution in [3.8, 4) is 0 Å². The Balaban J connectivity index is 2.10. The maximum Gasteiger partial charge on any atom is 0.275 e. The number of aromatic nitrogens is 2. The van der Waals surface area contributed by atoms with E-state index in [2.05, 4.69) is 20.6 Å². The highest BCUT2D eigenvalue weighted by molar-refractivity contribution is 6.02. The molecule has 8 heteroatoms. The normalized spacial score (nSPS) is 9.95. The molecule has 2 N–H and O–H groups in total. The number of nitro benzene ring substituents is 1. The third kappa shape index (κ3) is 3.72. The van der Waals surface area contributed by atoms with Crippen LogP contribution in [-0.4, -0.2) is 27.3 Å². The summed E-state index contributed by atoms with van der Waals surface area (Å²) >= 11 is 0. The van der Waals surface area contributed by atoms with Crippen LogP contribution in [0.1, 0.15) is 17.4 Å². The number of hydrogen-bond donors (Lipinski definition) is 2. The highest BCUT2D eigenvalue weighted by Crippen LogP contribution is 2.16. The summed E-state index contributed by atoms with van der Waals surface area (Å²) in [5.41, 5.74) is 0.565. The third-order valence-corrected chi connectivity index (χ3v) is 2.56. The van der Waals surface area contributed by atoms with E-state index in [1.54, 1.807) is 0 Å². The molecule has 1 aromatic heterocycles. The molecule has 1 aromatic carbocycles. The lowest BCUT2D eigenvalue weighted by Crippen LogP contribution is -2.15. The molecule has 0 radical (unpaired) electrons. The van der Waals surface area contributed by atoms with E-state index in [1.807, 2.05) is 6.92 Å². The number of nitrogens with zero attached hydrogens (tertiary/aromatic N) is 3. The molecule has 0 aliphatic heterocycles. The highest BCUT2D eigenvalue weighted by Gasteiger charge is 2.10. The van der Waals surface area contributed by atoms with Crippen LogP contribution in [0, 0.1) is 10.1 Å². The maximum atomic E-state index is 12.0. The molecule has 2 rings (SSSR count). The van der Waals surface area contributed by atoms with E-state index < -0.39 is 10.8 Å². The van der Waals surface area contributed by atoms with Crippen LogP contribution < -0.4 is 10.6 Å². The van der Waals surface area contributed by atoms with Crippen molar-refractivity contribution in [3.05, 3.63) is 52.5 Å². The second-order valence-corrected chi connectivity index (χ2v) is 4.08. The van der Waals surface area contributed by atoms with Gasteiger partial charge in [-0.3, -0.25) is 19.9 Å². The van der Waals surface area contributed by atoms with Crippen LogP contribution in [0.2, 0.25) is 0 Å². The van der Waals surface area contributed by atoms with Crippen LogP contribution in [0.3, 0.4) is 0 Å². The molecule has 0 aliphatic rings. The van der Waals surface area contributed by atoms with Crippen LogP contribution >= 0.6 is 0 Å². The van der Waals surface area contributed by atoms with Gasteiger partial charge in [0.15, 0.2) is 0 Å². The summed E-state index contributed by atoms with van der Waals surface area (Å²) in [6, 6.07) is 5.54. The Kier molecular flexibility index (Phi) is 4.39. The topological polar surface area (TPSA) is 110 Å². The van der Waals surface area contributed by atoms with Gasteiger partial charge in [-0.1, -0.05) is 0 Å². The molecule has 0 atom stereocenters. The van der Waals surface area contributed by atoms with Gasteiger partial charge in [-0.25, -0.2) is 4.98 Å². The lowest BCUT2D eigenvalue weighted by atomic mass is 10.3. The summed E-state index contributed by atoms with van der Waals surface area (Å²) in [6.07, 6.45) is 2.87. The van der Waals surface area contributed by atoms with Crippen molar-refractivity contribution in [2.75, 3.05) is 17.2 Å². The number of anilines is 2. The van der Waals surface area contributed by atoms with Crippen molar-refractivity contribution in [1.29, 1.82) is 0 Å². The number of hydrogen-bond acceptors (Lipinski definition) is 6. The SMILES string of the molecule is CCNc1cncc(C(=O)Nc2ccc([N+](=O)[O-])cc2)n1. The Morgan fingerprint density at radius 1 is 1.29 bits per heavy atom. The number of carbonyl (C=O) groups is 1. The molecule has 0 bridgehead atoms. The molecule has 0 unspecified atom stereocenters. The lowest BCUT2D eigenvalue weighted by Gasteiger charge is -2.06. The number of non-ortho nitro benzene ring substituents is 1. The number of nitro groups is 1. The molecule has 1 heterocycles. The van der Waals surface area contributed by atoms with E-state index in [-0.39, 0.29) is 11.4 Å².